The third kappa shape index (κ3) is 4.63. The van der Waals surface area contributed by atoms with Gasteiger partial charge in [-0.1, -0.05) is 23.4 Å². The van der Waals surface area contributed by atoms with Gasteiger partial charge in [-0.05, 0) is 43.2 Å². The molecule has 1 unspecified atom stereocenters. The molecule has 1 aliphatic heterocycles. The van der Waals surface area contributed by atoms with Crippen LogP contribution in [0.3, 0.4) is 0 Å². The second kappa shape index (κ2) is 9.18. The molecule has 5 rings (SSSR count). The van der Waals surface area contributed by atoms with Crippen LogP contribution >= 0.6 is 0 Å². The average molecular weight is 467 g/mol. The molecule has 3 N–H and O–H groups in total. The summed E-state index contributed by atoms with van der Waals surface area (Å²) in [5.41, 5.74) is 9.53. The molecule has 0 radical (unpaired) electrons. The van der Waals surface area contributed by atoms with Crippen LogP contribution in [0.5, 0.6) is 0 Å². The van der Waals surface area contributed by atoms with Crippen molar-refractivity contribution in [2.45, 2.75) is 25.4 Å². The quantitative estimate of drug-likeness (QED) is 0.431. The predicted molar refractivity (Wildman–Crippen MR) is 127 cm³/mol. The van der Waals surface area contributed by atoms with Crippen molar-refractivity contribution >= 4 is 17.7 Å². The van der Waals surface area contributed by atoms with E-state index < -0.39 is 12.0 Å². The monoisotopic (exact) mass is 467 g/mol. The van der Waals surface area contributed by atoms with Crippen LogP contribution in [0.4, 0.5) is 11.8 Å². The molecule has 35 heavy (non-hydrogen) atoms. The molecule has 11 heteroatoms. The number of nitriles is 1. The minimum atomic E-state index is -0.835. The molecule has 0 spiro atoms. The second-order valence-electron chi connectivity index (χ2n) is 8.17. The lowest BCUT2D eigenvalue weighted by Crippen LogP contribution is -2.36. The minimum absolute atomic E-state index is 0.0855. The molecule has 4 aromatic rings. The van der Waals surface area contributed by atoms with Crippen LogP contribution in [-0.4, -0.2) is 53.6 Å². The molecule has 3 aromatic heterocycles. The highest BCUT2D eigenvalue weighted by Gasteiger charge is 2.31. The molecule has 4 heterocycles. The van der Waals surface area contributed by atoms with E-state index in [-0.39, 0.29) is 5.95 Å². The molecule has 0 bridgehead atoms. The highest BCUT2D eigenvalue weighted by atomic mass is 16.4. The molecule has 0 aliphatic carbocycles. The number of nitrogen functional groups attached to an aromatic ring is 1. The molecule has 174 valence electrons. The van der Waals surface area contributed by atoms with Gasteiger partial charge >= 0.3 is 5.97 Å². The molecular formula is C24H21N9O2. The van der Waals surface area contributed by atoms with Crippen LogP contribution in [0.2, 0.25) is 0 Å². The topological polar surface area (TPSA) is 160 Å². The Labute approximate surface area is 200 Å². The number of hydrogen-bond acceptors (Lipinski definition) is 9. The maximum Gasteiger partial charge on any atom is 0.326 e. The third-order valence-electron chi connectivity index (χ3n) is 5.78. The van der Waals surface area contributed by atoms with Crippen LogP contribution < -0.4 is 10.6 Å². The van der Waals surface area contributed by atoms with E-state index in [1.165, 1.54) is 0 Å². The predicted octanol–water partition coefficient (Wildman–Crippen LogP) is 2.35. The van der Waals surface area contributed by atoms with Gasteiger partial charge in [-0.3, -0.25) is 0 Å². The van der Waals surface area contributed by atoms with Crippen LogP contribution in [0.25, 0.3) is 22.6 Å². The number of pyridine rings is 1. The van der Waals surface area contributed by atoms with Gasteiger partial charge in [-0.15, -0.1) is 5.10 Å². The molecule has 1 aromatic carbocycles. The SMILES string of the molecule is N#Cc1cccc(-c2cc(-c3cn(Cc4cccc(N5CCCC5C(=O)O)n4)nn3)nc(N)n2)c1. The number of aromatic nitrogens is 6. The van der Waals surface area contributed by atoms with Gasteiger partial charge in [0, 0.05) is 12.1 Å². The van der Waals surface area contributed by atoms with E-state index in [2.05, 4.69) is 31.3 Å². The Morgan fingerprint density at radius 1 is 1.11 bits per heavy atom. The fourth-order valence-corrected chi connectivity index (χ4v) is 4.16. The Morgan fingerprint density at radius 3 is 2.77 bits per heavy atom. The Bertz CT molecular complexity index is 1440. The highest BCUT2D eigenvalue weighted by molar-refractivity contribution is 5.78. The van der Waals surface area contributed by atoms with Gasteiger partial charge in [0.1, 0.15) is 17.6 Å². The first kappa shape index (κ1) is 22.0. The van der Waals surface area contributed by atoms with Gasteiger partial charge in [-0.25, -0.2) is 24.4 Å². The number of aliphatic carboxylic acids is 1. The number of hydrogen-bond donors (Lipinski definition) is 2. The maximum absolute atomic E-state index is 11.5. The minimum Gasteiger partial charge on any atom is -0.480 e. The summed E-state index contributed by atoms with van der Waals surface area (Å²) in [5, 5.41) is 27.1. The summed E-state index contributed by atoms with van der Waals surface area (Å²) < 4.78 is 1.63. The van der Waals surface area contributed by atoms with Crippen LogP contribution in [0.1, 0.15) is 24.1 Å². The summed E-state index contributed by atoms with van der Waals surface area (Å²) in [5.74, 6) is -0.110. The lowest BCUT2D eigenvalue weighted by Gasteiger charge is -2.22. The first-order valence-electron chi connectivity index (χ1n) is 11.0. The Morgan fingerprint density at radius 2 is 1.94 bits per heavy atom. The molecule has 0 saturated carbocycles. The lowest BCUT2D eigenvalue weighted by atomic mass is 10.1. The Kier molecular flexibility index (Phi) is 5.76. The molecule has 1 fully saturated rings. The number of nitrogens with zero attached hydrogens (tertiary/aromatic N) is 8. The normalized spacial score (nSPS) is 15.2. The van der Waals surface area contributed by atoms with Gasteiger partial charge in [0.2, 0.25) is 5.95 Å². The fraction of sp³-hybridized carbons (Fsp3) is 0.208. The average Bonchev–Trinajstić information content (AvgIpc) is 3.54. The van der Waals surface area contributed by atoms with Crippen molar-refractivity contribution in [2.75, 3.05) is 17.2 Å². The Hall–Kier alpha value is -4.85. The number of benzene rings is 1. The number of nitrogens with two attached hydrogens (primary N) is 1. The summed E-state index contributed by atoms with van der Waals surface area (Å²) in [6, 6.07) is 15.9. The van der Waals surface area contributed by atoms with Crippen LogP contribution in [0.15, 0.2) is 54.7 Å². The molecule has 1 saturated heterocycles. The molecule has 1 atom stereocenters. The summed E-state index contributed by atoms with van der Waals surface area (Å²) in [6.45, 7) is 1.01. The smallest absolute Gasteiger partial charge is 0.326 e. The van der Waals surface area contributed by atoms with Crippen LogP contribution in [-0.2, 0) is 11.3 Å². The molecule has 1 aliphatic rings. The molecular weight excluding hydrogens is 446 g/mol. The number of carboxylic acids is 1. The summed E-state index contributed by atoms with van der Waals surface area (Å²) in [4.78, 5) is 26.6. The van der Waals surface area contributed by atoms with E-state index in [1.807, 2.05) is 29.2 Å². The zero-order valence-corrected chi connectivity index (χ0v) is 18.6. The summed E-state index contributed by atoms with van der Waals surface area (Å²) >= 11 is 0. The van der Waals surface area contributed by atoms with Crippen molar-refractivity contribution in [3.05, 3.63) is 66.0 Å². The number of rotatable bonds is 6. The van der Waals surface area contributed by atoms with Crippen molar-refractivity contribution in [3.8, 4) is 28.7 Å². The van der Waals surface area contributed by atoms with Crippen molar-refractivity contribution in [1.29, 1.82) is 5.26 Å². The van der Waals surface area contributed by atoms with E-state index in [1.54, 1.807) is 35.1 Å². The van der Waals surface area contributed by atoms with Crippen LogP contribution in [0, 0.1) is 11.3 Å². The largest absolute Gasteiger partial charge is 0.480 e. The van der Waals surface area contributed by atoms with Crippen molar-refractivity contribution < 1.29 is 9.90 Å². The van der Waals surface area contributed by atoms with Crippen molar-refractivity contribution in [2.24, 2.45) is 0 Å². The molecule has 11 nitrogen and oxygen atoms in total. The summed E-state index contributed by atoms with van der Waals surface area (Å²) in [7, 11) is 0. The van der Waals surface area contributed by atoms with E-state index in [9.17, 15) is 15.2 Å². The lowest BCUT2D eigenvalue weighted by molar-refractivity contribution is -0.138. The van der Waals surface area contributed by atoms with Gasteiger partial charge in [0.15, 0.2) is 0 Å². The molecule has 0 amide bonds. The van der Waals surface area contributed by atoms with Gasteiger partial charge in [0.05, 0.1) is 41.5 Å². The zero-order chi connectivity index (χ0) is 24.4. The highest BCUT2D eigenvalue weighted by Crippen LogP contribution is 2.26. The Balaban J connectivity index is 1.38. The fourth-order valence-electron chi connectivity index (χ4n) is 4.16. The third-order valence-corrected chi connectivity index (χ3v) is 5.78. The van der Waals surface area contributed by atoms with Crippen molar-refractivity contribution in [1.82, 2.24) is 29.9 Å². The van der Waals surface area contributed by atoms with E-state index >= 15 is 0 Å². The van der Waals surface area contributed by atoms with E-state index in [0.29, 0.717) is 48.0 Å². The first-order valence-corrected chi connectivity index (χ1v) is 11.0. The number of anilines is 2. The second-order valence-corrected chi connectivity index (χ2v) is 8.17. The standard InChI is InChI=1S/C24H21N9O2/c25-12-15-4-1-5-16(10-15)18-11-19(29-24(26)28-18)20-14-32(31-30-20)13-17-6-2-8-22(27-17)33-9-3-7-21(33)23(34)35/h1-2,4-6,8,10-11,14,21H,3,7,9,13H2,(H,34,35)(H2,26,28,29). The van der Waals surface area contributed by atoms with Gasteiger partial charge in [-0.2, -0.15) is 5.26 Å². The number of carbonyl (C=O) groups is 1. The number of carboxylic acid groups (broad SMARTS) is 1. The van der Waals surface area contributed by atoms with Gasteiger partial charge in [0.25, 0.3) is 0 Å². The van der Waals surface area contributed by atoms with E-state index in [4.69, 9.17) is 5.73 Å². The summed E-state index contributed by atoms with van der Waals surface area (Å²) in [6.07, 6.45) is 3.17. The maximum atomic E-state index is 11.5. The van der Waals surface area contributed by atoms with Crippen molar-refractivity contribution in [3.63, 3.8) is 0 Å². The zero-order valence-electron chi connectivity index (χ0n) is 18.6. The first-order chi connectivity index (χ1) is 17.0. The van der Waals surface area contributed by atoms with E-state index in [0.717, 1.165) is 17.7 Å². The van der Waals surface area contributed by atoms with Gasteiger partial charge < -0.3 is 15.7 Å².